The van der Waals surface area contributed by atoms with E-state index in [1.54, 1.807) is 41.3 Å². The zero-order chi connectivity index (χ0) is 20.4. The van der Waals surface area contributed by atoms with Gasteiger partial charge in [0.05, 0.1) is 12.2 Å². The number of nitrogens with one attached hydrogen (secondary N) is 1. The third-order valence-corrected chi connectivity index (χ3v) is 4.57. The molecule has 1 aliphatic rings. The number of anilines is 2. The molecule has 3 aromatic carbocycles. The first kappa shape index (κ1) is 18.6. The van der Waals surface area contributed by atoms with E-state index in [1.807, 2.05) is 12.1 Å². The molecule has 2 amide bonds. The largest absolute Gasteiger partial charge is 0.482 e. The number of rotatable bonds is 4. The predicted molar refractivity (Wildman–Crippen MR) is 104 cm³/mol. The Morgan fingerprint density at radius 1 is 0.966 bits per heavy atom. The molecular weight excluding hydrogens is 378 g/mol. The number of para-hydroxylation sites is 3. The van der Waals surface area contributed by atoms with Crippen molar-refractivity contribution in [1.29, 1.82) is 0 Å². The second kappa shape index (κ2) is 7.71. The van der Waals surface area contributed by atoms with Gasteiger partial charge in [0, 0.05) is 5.56 Å². The number of fused-ring (bicyclic) bond motifs is 1. The standard InChI is InChI=1S/C22H16F2N2O3/c23-16-4-3-5-17(24)21(16)25-22(28)15-10-8-14(9-11-15)12-26-18-6-1-2-7-19(18)29-13-20(26)27/h1-11H,12-13H2,(H,25,28). The number of benzene rings is 3. The molecule has 146 valence electrons. The first-order chi connectivity index (χ1) is 14.0. The van der Waals surface area contributed by atoms with Crippen molar-refractivity contribution in [3.63, 3.8) is 0 Å². The molecule has 29 heavy (non-hydrogen) atoms. The van der Waals surface area contributed by atoms with Gasteiger partial charge in [0.15, 0.2) is 6.61 Å². The highest BCUT2D eigenvalue weighted by Gasteiger charge is 2.25. The summed E-state index contributed by atoms with van der Waals surface area (Å²) in [7, 11) is 0. The van der Waals surface area contributed by atoms with Crippen molar-refractivity contribution in [2.24, 2.45) is 0 Å². The Hall–Kier alpha value is -3.74. The fraction of sp³-hybridized carbons (Fsp3) is 0.0909. The quantitative estimate of drug-likeness (QED) is 0.724. The van der Waals surface area contributed by atoms with Crippen LogP contribution in [0.2, 0.25) is 0 Å². The molecular formula is C22H16F2N2O3. The first-order valence-corrected chi connectivity index (χ1v) is 8.89. The van der Waals surface area contributed by atoms with Crippen molar-refractivity contribution in [2.45, 2.75) is 6.54 Å². The van der Waals surface area contributed by atoms with E-state index >= 15 is 0 Å². The molecule has 0 aromatic heterocycles. The van der Waals surface area contributed by atoms with E-state index < -0.39 is 23.2 Å². The van der Waals surface area contributed by atoms with Gasteiger partial charge in [-0.05, 0) is 42.0 Å². The molecule has 0 saturated heterocycles. The third-order valence-electron chi connectivity index (χ3n) is 4.57. The van der Waals surface area contributed by atoms with Gasteiger partial charge in [-0.3, -0.25) is 9.59 Å². The Morgan fingerprint density at radius 3 is 2.38 bits per heavy atom. The minimum absolute atomic E-state index is 0.0360. The van der Waals surface area contributed by atoms with Crippen molar-refractivity contribution in [3.05, 3.63) is 89.5 Å². The van der Waals surface area contributed by atoms with E-state index in [9.17, 15) is 18.4 Å². The second-order valence-electron chi connectivity index (χ2n) is 6.48. The van der Waals surface area contributed by atoms with Gasteiger partial charge in [-0.2, -0.15) is 0 Å². The van der Waals surface area contributed by atoms with Crippen LogP contribution in [0.5, 0.6) is 5.75 Å². The van der Waals surface area contributed by atoms with Crippen LogP contribution in [0, 0.1) is 11.6 Å². The summed E-state index contributed by atoms with van der Waals surface area (Å²) in [6.07, 6.45) is 0. The summed E-state index contributed by atoms with van der Waals surface area (Å²) in [6.45, 7) is 0.273. The lowest BCUT2D eigenvalue weighted by atomic mass is 10.1. The van der Waals surface area contributed by atoms with E-state index in [-0.39, 0.29) is 18.1 Å². The lowest BCUT2D eigenvalue weighted by Crippen LogP contribution is -2.38. The van der Waals surface area contributed by atoms with Gasteiger partial charge >= 0.3 is 0 Å². The van der Waals surface area contributed by atoms with Crippen LogP contribution in [0.1, 0.15) is 15.9 Å². The minimum atomic E-state index is -0.848. The van der Waals surface area contributed by atoms with E-state index in [1.165, 1.54) is 6.07 Å². The van der Waals surface area contributed by atoms with Crippen LogP contribution < -0.4 is 15.0 Å². The van der Waals surface area contributed by atoms with Crippen LogP contribution in [0.15, 0.2) is 66.7 Å². The van der Waals surface area contributed by atoms with Crippen molar-refractivity contribution in [3.8, 4) is 5.75 Å². The van der Waals surface area contributed by atoms with Crippen LogP contribution in [0.4, 0.5) is 20.2 Å². The van der Waals surface area contributed by atoms with Gasteiger partial charge in [0.2, 0.25) is 0 Å². The molecule has 0 saturated carbocycles. The third kappa shape index (κ3) is 3.80. The first-order valence-electron chi connectivity index (χ1n) is 8.89. The minimum Gasteiger partial charge on any atom is -0.482 e. The predicted octanol–water partition coefficient (Wildman–Crippen LogP) is 4.14. The normalized spacial score (nSPS) is 12.9. The smallest absolute Gasteiger partial charge is 0.265 e. The molecule has 0 aliphatic carbocycles. The highest BCUT2D eigenvalue weighted by molar-refractivity contribution is 6.04. The van der Waals surface area contributed by atoms with Gasteiger partial charge in [0.25, 0.3) is 11.8 Å². The lowest BCUT2D eigenvalue weighted by Gasteiger charge is -2.29. The molecule has 0 unspecified atom stereocenters. The van der Waals surface area contributed by atoms with Gasteiger partial charge in [-0.15, -0.1) is 0 Å². The number of hydrogen-bond acceptors (Lipinski definition) is 3. The van der Waals surface area contributed by atoms with E-state index in [0.717, 1.165) is 17.7 Å². The molecule has 1 aliphatic heterocycles. The average Bonchev–Trinajstić information content (AvgIpc) is 2.73. The van der Waals surface area contributed by atoms with Crippen LogP contribution in [0.25, 0.3) is 0 Å². The average molecular weight is 394 g/mol. The molecule has 1 N–H and O–H groups in total. The SMILES string of the molecule is O=C(Nc1c(F)cccc1F)c1ccc(CN2C(=O)COc3ccccc32)cc1. The fourth-order valence-electron chi connectivity index (χ4n) is 3.07. The second-order valence-corrected chi connectivity index (χ2v) is 6.48. The van der Waals surface area contributed by atoms with Gasteiger partial charge in [0.1, 0.15) is 23.1 Å². The number of hydrogen-bond donors (Lipinski definition) is 1. The Morgan fingerprint density at radius 2 is 1.66 bits per heavy atom. The summed E-state index contributed by atoms with van der Waals surface area (Å²) in [6, 6.07) is 17.1. The maximum absolute atomic E-state index is 13.7. The maximum Gasteiger partial charge on any atom is 0.265 e. The Bertz CT molecular complexity index is 1060. The molecule has 0 atom stereocenters. The number of nitrogens with zero attached hydrogens (tertiary/aromatic N) is 1. The van der Waals surface area contributed by atoms with Crippen molar-refractivity contribution >= 4 is 23.2 Å². The van der Waals surface area contributed by atoms with Crippen LogP contribution in [-0.2, 0) is 11.3 Å². The zero-order valence-corrected chi connectivity index (χ0v) is 15.2. The Labute approximate surface area is 165 Å². The number of carbonyl (C=O) groups is 2. The molecule has 1 heterocycles. The maximum atomic E-state index is 13.7. The summed E-state index contributed by atoms with van der Waals surface area (Å²) in [5, 5.41) is 2.25. The van der Waals surface area contributed by atoms with E-state index in [0.29, 0.717) is 18.0 Å². The zero-order valence-electron chi connectivity index (χ0n) is 15.2. The highest BCUT2D eigenvalue weighted by atomic mass is 19.1. The van der Waals surface area contributed by atoms with E-state index in [2.05, 4.69) is 5.32 Å². The highest BCUT2D eigenvalue weighted by Crippen LogP contribution is 2.32. The molecule has 4 rings (SSSR count). The van der Waals surface area contributed by atoms with Crippen LogP contribution in [-0.4, -0.2) is 18.4 Å². The van der Waals surface area contributed by atoms with Crippen molar-refractivity contribution in [1.82, 2.24) is 0 Å². The molecule has 5 nitrogen and oxygen atoms in total. The van der Waals surface area contributed by atoms with Crippen molar-refractivity contribution in [2.75, 3.05) is 16.8 Å². The van der Waals surface area contributed by atoms with Gasteiger partial charge in [-0.25, -0.2) is 8.78 Å². The molecule has 3 aromatic rings. The summed E-state index contributed by atoms with van der Waals surface area (Å²) < 4.78 is 32.8. The summed E-state index contributed by atoms with van der Waals surface area (Å²) in [5.41, 5.74) is 1.23. The van der Waals surface area contributed by atoms with E-state index in [4.69, 9.17) is 4.74 Å². The molecule has 7 heteroatoms. The topological polar surface area (TPSA) is 58.6 Å². The van der Waals surface area contributed by atoms with Crippen LogP contribution >= 0.6 is 0 Å². The summed E-state index contributed by atoms with van der Waals surface area (Å²) >= 11 is 0. The number of amides is 2. The molecule has 0 radical (unpaired) electrons. The molecule has 0 spiro atoms. The fourth-order valence-corrected chi connectivity index (χ4v) is 3.07. The monoisotopic (exact) mass is 394 g/mol. The molecule has 0 bridgehead atoms. The van der Waals surface area contributed by atoms with Gasteiger partial charge in [-0.1, -0.05) is 30.3 Å². The number of halogens is 2. The molecule has 0 fully saturated rings. The van der Waals surface area contributed by atoms with Crippen molar-refractivity contribution < 1.29 is 23.1 Å². The summed E-state index contributed by atoms with van der Waals surface area (Å²) in [4.78, 5) is 26.2. The lowest BCUT2D eigenvalue weighted by molar-refractivity contribution is -0.121. The Kier molecular flexibility index (Phi) is 4.95. The Balaban J connectivity index is 1.50. The van der Waals surface area contributed by atoms with Crippen LogP contribution in [0.3, 0.4) is 0 Å². The summed E-state index contributed by atoms with van der Waals surface area (Å²) in [5.74, 6) is -1.86. The number of ether oxygens (including phenoxy) is 1. The number of carbonyl (C=O) groups excluding carboxylic acids is 2. The van der Waals surface area contributed by atoms with Gasteiger partial charge < -0.3 is 15.0 Å².